The van der Waals surface area contributed by atoms with Gasteiger partial charge < -0.3 is 4.90 Å². The molecule has 1 aromatic heterocycles. The zero-order valence-corrected chi connectivity index (χ0v) is 10.8. The average Bonchev–Trinajstić information content (AvgIpc) is 2.85. The number of amides is 1. The SMILES string of the molecule is [N-]=[N+]=NCC1CC(=O)N(c2cccc3cccnc23)C1. The molecule has 2 aromatic rings. The third kappa shape index (κ3) is 2.17. The maximum absolute atomic E-state index is 12.2. The van der Waals surface area contributed by atoms with Crippen LogP contribution < -0.4 is 4.90 Å². The lowest BCUT2D eigenvalue weighted by Gasteiger charge is -2.18. The Morgan fingerprint density at radius 2 is 2.25 bits per heavy atom. The number of aromatic nitrogens is 1. The van der Waals surface area contributed by atoms with Crippen molar-refractivity contribution in [3.8, 4) is 0 Å². The molecule has 1 atom stereocenters. The highest BCUT2D eigenvalue weighted by molar-refractivity contribution is 6.03. The maximum atomic E-state index is 12.2. The van der Waals surface area contributed by atoms with E-state index in [-0.39, 0.29) is 11.8 Å². The summed E-state index contributed by atoms with van der Waals surface area (Å²) in [6, 6.07) is 9.66. The van der Waals surface area contributed by atoms with Gasteiger partial charge in [-0.1, -0.05) is 23.3 Å². The van der Waals surface area contributed by atoms with E-state index in [0.717, 1.165) is 16.6 Å². The number of hydrogen-bond acceptors (Lipinski definition) is 3. The molecule has 20 heavy (non-hydrogen) atoms. The first-order chi connectivity index (χ1) is 9.79. The zero-order chi connectivity index (χ0) is 13.9. The Morgan fingerprint density at radius 3 is 3.10 bits per heavy atom. The van der Waals surface area contributed by atoms with Crippen LogP contribution >= 0.6 is 0 Å². The summed E-state index contributed by atoms with van der Waals surface area (Å²) in [6.45, 7) is 0.935. The van der Waals surface area contributed by atoms with Gasteiger partial charge in [0.1, 0.15) is 0 Å². The van der Waals surface area contributed by atoms with Gasteiger partial charge in [-0.15, -0.1) is 0 Å². The van der Waals surface area contributed by atoms with Crippen LogP contribution in [0.1, 0.15) is 6.42 Å². The second-order valence-electron chi connectivity index (χ2n) is 4.84. The highest BCUT2D eigenvalue weighted by Gasteiger charge is 2.31. The van der Waals surface area contributed by atoms with Crippen LogP contribution in [-0.4, -0.2) is 24.0 Å². The first kappa shape index (κ1) is 12.4. The molecule has 1 aliphatic heterocycles. The molecule has 1 unspecified atom stereocenters. The van der Waals surface area contributed by atoms with Crippen LogP contribution in [0, 0.1) is 5.92 Å². The van der Waals surface area contributed by atoms with Gasteiger partial charge in [-0.3, -0.25) is 9.78 Å². The van der Waals surface area contributed by atoms with E-state index in [2.05, 4.69) is 15.0 Å². The van der Waals surface area contributed by atoms with Gasteiger partial charge in [-0.2, -0.15) is 0 Å². The van der Waals surface area contributed by atoms with E-state index in [0.29, 0.717) is 19.5 Å². The van der Waals surface area contributed by atoms with Crippen LogP contribution in [0.2, 0.25) is 0 Å². The molecular weight excluding hydrogens is 254 g/mol. The predicted octanol–water partition coefficient (Wildman–Crippen LogP) is 2.90. The van der Waals surface area contributed by atoms with E-state index in [1.807, 2.05) is 30.3 Å². The molecule has 0 radical (unpaired) electrons. The number of carbonyl (C=O) groups is 1. The van der Waals surface area contributed by atoms with Crippen LogP contribution in [-0.2, 0) is 4.79 Å². The van der Waals surface area contributed by atoms with E-state index in [1.54, 1.807) is 11.1 Å². The molecule has 1 saturated heterocycles. The van der Waals surface area contributed by atoms with E-state index < -0.39 is 0 Å². The van der Waals surface area contributed by atoms with Crippen molar-refractivity contribution in [1.29, 1.82) is 0 Å². The summed E-state index contributed by atoms with van der Waals surface area (Å²) >= 11 is 0. The fourth-order valence-corrected chi connectivity index (χ4v) is 2.59. The van der Waals surface area contributed by atoms with Crippen molar-refractivity contribution in [2.75, 3.05) is 18.0 Å². The molecule has 6 heteroatoms. The number of hydrogen-bond donors (Lipinski definition) is 0. The minimum Gasteiger partial charge on any atom is -0.310 e. The van der Waals surface area contributed by atoms with Gasteiger partial charge in [0.2, 0.25) is 5.91 Å². The van der Waals surface area contributed by atoms with Crippen molar-refractivity contribution in [2.45, 2.75) is 6.42 Å². The smallest absolute Gasteiger partial charge is 0.227 e. The highest BCUT2D eigenvalue weighted by Crippen LogP contribution is 2.30. The van der Waals surface area contributed by atoms with Gasteiger partial charge >= 0.3 is 0 Å². The summed E-state index contributed by atoms with van der Waals surface area (Å²) < 4.78 is 0. The van der Waals surface area contributed by atoms with Crippen molar-refractivity contribution < 1.29 is 4.79 Å². The molecule has 0 saturated carbocycles. The molecule has 1 aliphatic rings. The van der Waals surface area contributed by atoms with Gasteiger partial charge in [0.05, 0.1) is 11.2 Å². The molecule has 3 rings (SSSR count). The number of carbonyl (C=O) groups excluding carboxylic acids is 1. The summed E-state index contributed by atoms with van der Waals surface area (Å²) in [5.74, 6) is 0.138. The quantitative estimate of drug-likeness (QED) is 0.486. The van der Waals surface area contributed by atoms with Crippen LogP contribution in [0.3, 0.4) is 0 Å². The lowest BCUT2D eigenvalue weighted by molar-refractivity contribution is -0.117. The van der Waals surface area contributed by atoms with E-state index in [1.165, 1.54) is 0 Å². The van der Waals surface area contributed by atoms with Gasteiger partial charge in [-0.05, 0) is 23.6 Å². The minimum absolute atomic E-state index is 0.0568. The van der Waals surface area contributed by atoms with E-state index in [9.17, 15) is 4.79 Å². The number of nitrogens with zero attached hydrogens (tertiary/aromatic N) is 5. The molecule has 1 fully saturated rings. The second-order valence-corrected chi connectivity index (χ2v) is 4.84. The zero-order valence-electron chi connectivity index (χ0n) is 10.8. The molecule has 0 N–H and O–H groups in total. The number of azide groups is 1. The molecule has 1 aromatic carbocycles. The number of benzene rings is 1. The first-order valence-electron chi connectivity index (χ1n) is 6.44. The van der Waals surface area contributed by atoms with Crippen LogP contribution in [0.25, 0.3) is 21.3 Å². The molecule has 0 aliphatic carbocycles. The van der Waals surface area contributed by atoms with E-state index >= 15 is 0 Å². The van der Waals surface area contributed by atoms with Crippen molar-refractivity contribution in [2.24, 2.45) is 11.0 Å². The lowest BCUT2D eigenvalue weighted by atomic mass is 10.1. The fraction of sp³-hybridized carbons (Fsp3) is 0.286. The molecule has 2 heterocycles. The number of rotatable bonds is 3. The van der Waals surface area contributed by atoms with Crippen molar-refractivity contribution in [3.63, 3.8) is 0 Å². The summed E-state index contributed by atoms with van der Waals surface area (Å²) in [7, 11) is 0. The Bertz CT molecular complexity index is 702. The third-order valence-corrected chi connectivity index (χ3v) is 3.51. The molecule has 100 valence electrons. The topological polar surface area (TPSA) is 82.0 Å². The van der Waals surface area contributed by atoms with Gasteiger partial charge in [0.25, 0.3) is 0 Å². The Morgan fingerprint density at radius 1 is 1.40 bits per heavy atom. The van der Waals surface area contributed by atoms with Crippen molar-refractivity contribution in [3.05, 3.63) is 47.0 Å². The standard InChI is InChI=1S/C14H13N5O/c15-18-17-8-10-7-13(20)19(9-10)12-5-1-3-11-4-2-6-16-14(11)12/h1-6,10H,7-9H2. The molecular formula is C14H13N5O. The Balaban J connectivity index is 1.95. The summed E-state index contributed by atoms with van der Waals surface area (Å²) in [4.78, 5) is 21.0. The number of pyridine rings is 1. The van der Waals surface area contributed by atoms with Crippen molar-refractivity contribution in [1.82, 2.24) is 4.98 Å². The minimum atomic E-state index is 0.0568. The predicted molar refractivity (Wildman–Crippen MR) is 76.2 cm³/mol. The van der Waals surface area contributed by atoms with Gasteiger partial charge in [0.15, 0.2) is 0 Å². The lowest BCUT2D eigenvalue weighted by Crippen LogP contribution is -2.25. The monoisotopic (exact) mass is 267 g/mol. The number of anilines is 1. The molecule has 6 nitrogen and oxygen atoms in total. The normalized spacial score (nSPS) is 18.3. The summed E-state index contributed by atoms with van der Waals surface area (Å²) in [6.07, 6.45) is 2.14. The number of fused-ring (bicyclic) bond motifs is 1. The van der Waals surface area contributed by atoms with Gasteiger partial charge in [-0.25, -0.2) is 0 Å². The molecule has 1 amide bonds. The number of para-hydroxylation sites is 1. The van der Waals surface area contributed by atoms with Crippen molar-refractivity contribution >= 4 is 22.5 Å². The van der Waals surface area contributed by atoms with E-state index in [4.69, 9.17) is 5.53 Å². The van der Waals surface area contributed by atoms with Crippen LogP contribution in [0.5, 0.6) is 0 Å². The first-order valence-corrected chi connectivity index (χ1v) is 6.44. The third-order valence-electron chi connectivity index (χ3n) is 3.51. The summed E-state index contributed by atoms with van der Waals surface area (Å²) in [5.41, 5.74) is 10.0. The fourth-order valence-electron chi connectivity index (χ4n) is 2.59. The average molecular weight is 267 g/mol. The Hall–Kier alpha value is -2.59. The van der Waals surface area contributed by atoms with Crippen LogP contribution in [0.4, 0.5) is 5.69 Å². The largest absolute Gasteiger partial charge is 0.310 e. The second kappa shape index (κ2) is 5.19. The Labute approximate surface area is 115 Å². The maximum Gasteiger partial charge on any atom is 0.227 e. The summed E-state index contributed by atoms with van der Waals surface area (Å²) in [5, 5.41) is 4.58. The van der Waals surface area contributed by atoms with Gasteiger partial charge in [0, 0.05) is 36.0 Å². The highest BCUT2D eigenvalue weighted by atomic mass is 16.2. The molecule has 0 spiro atoms. The van der Waals surface area contributed by atoms with Crippen LogP contribution in [0.15, 0.2) is 41.6 Å². The molecule has 0 bridgehead atoms. The Kier molecular flexibility index (Phi) is 3.23.